The Morgan fingerprint density at radius 2 is 1.70 bits per heavy atom. The van der Waals surface area contributed by atoms with Gasteiger partial charge in [0.15, 0.2) is 17.2 Å². The molecular weight excluding hydrogens is 344 g/mol. The lowest BCUT2D eigenvalue weighted by molar-refractivity contribution is 0.102. The van der Waals surface area contributed by atoms with E-state index in [-0.39, 0.29) is 11.6 Å². The van der Waals surface area contributed by atoms with E-state index >= 15 is 0 Å². The summed E-state index contributed by atoms with van der Waals surface area (Å²) in [6.45, 7) is 0. The van der Waals surface area contributed by atoms with E-state index in [1.54, 1.807) is 44.6 Å². The van der Waals surface area contributed by atoms with E-state index in [0.29, 0.717) is 29.0 Å². The molecule has 0 unspecified atom stereocenters. The SMILES string of the molecule is COc1ccc(NC(=O)c2ccc(NC3CCCCCC3)nn2)cc1OC. The molecule has 2 N–H and O–H groups in total. The second-order valence-corrected chi connectivity index (χ2v) is 6.66. The number of ether oxygens (including phenoxy) is 2. The quantitative estimate of drug-likeness (QED) is 0.751. The zero-order valence-corrected chi connectivity index (χ0v) is 15.8. The summed E-state index contributed by atoms with van der Waals surface area (Å²) in [4.78, 5) is 12.4. The minimum atomic E-state index is -0.323. The lowest BCUT2D eigenvalue weighted by Crippen LogP contribution is -2.20. The monoisotopic (exact) mass is 370 g/mol. The van der Waals surface area contributed by atoms with Gasteiger partial charge < -0.3 is 20.1 Å². The van der Waals surface area contributed by atoms with Crippen molar-refractivity contribution in [2.24, 2.45) is 0 Å². The number of carbonyl (C=O) groups excluding carboxylic acids is 1. The number of amides is 1. The fourth-order valence-electron chi connectivity index (χ4n) is 3.27. The van der Waals surface area contributed by atoms with E-state index in [1.807, 2.05) is 0 Å². The van der Waals surface area contributed by atoms with Gasteiger partial charge in [-0.1, -0.05) is 25.7 Å². The molecule has 2 aromatic rings. The number of hydrogen-bond donors (Lipinski definition) is 2. The minimum absolute atomic E-state index is 0.260. The number of nitrogens with one attached hydrogen (secondary N) is 2. The maximum absolute atomic E-state index is 12.4. The topological polar surface area (TPSA) is 85.4 Å². The average Bonchev–Trinajstić information content (AvgIpc) is 2.97. The van der Waals surface area contributed by atoms with Crippen molar-refractivity contribution in [2.75, 3.05) is 24.9 Å². The minimum Gasteiger partial charge on any atom is -0.493 e. The smallest absolute Gasteiger partial charge is 0.276 e. The Morgan fingerprint density at radius 3 is 2.33 bits per heavy atom. The molecule has 1 aliphatic rings. The van der Waals surface area contributed by atoms with Crippen LogP contribution in [0.25, 0.3) is 0 Å². The summed E-state index contributed by atoms with van der Waals surface area (Å²) in [6, 6.07) is 9.11. The van der Waals surface area contributed by atoms with Gasteiger partial charge in [0.2, 0.25) is 0 Å². The van der Waals surface area contributed by atoms with Crippen molar-refractivity contribution in [3.05, 3.63) is 36.0 Å². The van der Waals surface area contributed by atoms with E-state index in [1.165, 1.54) is 25.7 Å². The van der Waals surface area contributed by atoms with Gasteiger partial charge in [0.05, 0.1) is 14.2 Å². The van der Waals surface area contributed by atoms with Crippen LogP contribution in [0.2, 0.25) is 0 Å². The Morgan fingerprint density at radius 1 is 0.963 bits per heavy atom. The lowest BCUT2D eigenvalue weighted by Gasteiger charge is -2.16. The average molecular weight is 370 g/mol. The summed E-state index contributed by atoms with van der Waals surface area (Å²) < 4.78 is 10.4. The number of carbonyl (C=O) groups is 1. The van der Waals surface area contributed by atoms with Crippen LogP contribution >= 0.6 is 0 Å². The highest BCUT2D eigenvalue weighted by Crippen LogP contribution is 2.29. The Bertz CT molecular complexity index is 756. The molecule has 27 heavy (non-hydrogen) atoms. The molecule has 0 radical (unpaired) electrons. The van der Waals surface area contributed by atoms with Crippen LogP contribution < -0.4 is 20.1 Å². The van der Waals surface area contributed by atoms with E-state index in [0.717, 1.165) is 12.8 Å². The van der Waals surface area contributed by atoms with Crippen molar-refractivity contribution < 1.29 is 14.3 Å². The van der Waals surface area contributed by atoms with Crippen molar-refractivity contribution in [1.29, 1.82) is 0 Å². The molecule has 144 valence electrons. The number of methoxy groups -OCH3 is 2. The molecule has 0 atom stereocenters. The molecule has 1 heterocycles. The Hall–Kier alpha value is -2.83. The lowest BCUT2D eigenvalue weighted by atomic mass is 10.1. The van der Waals surface area contributed by atoms with Crippen molar-refractivity contribution in [2.45, 2.75) is 44.6 Å². The molecule has 1 saturated carbocycles. The second kappa shape index (κ2) is 9.21. The van der Waals surface area contributed by atoms with Crippen LogP contribution in [0.4, 0.5) is 11.5 Å². The molecule has 0 bridgehead atoms. The predicted molar refractivity (Wildman–Crippen MR) is 105 cm³/mol. The summed E-state index contributed by atoms with van der Waals surface area (Å²) in [7, 11) is 3.12. The molecular formula is C20H26N4O3. The first-order valence-corrected chi connectivity index (χ1v) is 9.33. The van der Waals surface area contributed by atoms with Crippen molar-refractivity contribution >= 4 is 17.4 Å². The first kappa shape index (κ1) is 18.9. The third-order valence-electron chi connectivity index (χ3n) is 4.75. The van der Waals surface area contributed by atoms with Gasteiger partial charge in [-0.3, -0.25) is 4.79 Å². The highest BCUT2D eigenvalue weighted by molar-refractivity contribution is 6.02. The Labute approximate surface area is 159 Å². The normalized spacial score (nSPS) is 14.9. The summed E-state index contributed by atoms with van der Waals surface area (Å²) >= 11 is 0. The second-order valence-electron chi connectivity index (χ2n) is 6.66. The highest BCUT2D eigenvalue weighted by Gasteiger charge is 2.14. The maximum Gasteiger partial charge on any atom is 0.276 e. The summed E-state index contributed by atoms with van der Waals surface area (Å²) in [5.41, 5.74) is 0.858. The first-order valence-electron chi connectivity index (χ1n) is 9.33. The van der Waals surface area contributed by atoms with Crippen LogP contribution in [0, 0.1) is 0 Å². The van der Waals surface area contributed by atoms with Gasteiger partial charge in [-0.25, -0.2) is 0 Å². The van der Waals surface area contributed by atoms with Crippen molar-refractivity contribution in [3.63, 3.8) is 0 Å². The highest BCUT2D eigenvalue weighted by atomic mass is 16.5. The van der Waals surface area contributed by atoms with E-state index < -0.39 is 0 Å². The molecule has 0 spiro atoms. The molecule has 0 saturated heterocycles. The molecule has 0 aliphatic heterocycles. The van der Waals surface area contributed by atoms with Gasteiger partial charge in [-0.15, -0.1) is 10.2 Å². The number of hydrogen-bond acceptors (Lipinski definition) is 6. The number of rotatable bonds is 6. The van der Waals surface area contributed by atoms with E-state index in [9.17, 15) is 4.79 Å². The molecule has 1 aromatic carbocycles. The fraction of sp³-hybridized carbons (Fsp3) is 0.450. The summed E-state index contributed by atoms with van der Waals surface area (Å²) in [6.07, 6.45) is 7.42. The molecule has 1 amide bonds. The standard InChI is InChI=1S/C20H26N4O3/c1-26-17-11-9-15(13-18(17)27-2)22-20(25)16-10-12-19(24-23-16)21-14-7-5-3-4-6-8-14/h9-14H,3-8H2,1-2H3,(H,21,24)(H,22,25). The van der Waals surface area contributed by atoms with Gasteiger partial charge in [0.25, 0.3) is 5.91 Å². The third-order valence-corrected chi connectivity index (χ3v) is 4.75. The summed E-state index contributed by atoms with van der Waals surface area (Å²) in [5.74, 6) is 1.54. The first-order chi connectivity index (χ1) is 13.2. The van der Waals surface area contributed by atoms with Gasteiger partial charge in [-0.2, -0.15) is 0 Å². The van der Waals surface area contributed by atoms with Gasteiger partial charge in [0.1, 0.15) is 5.82 Å². The van der Waals surface area contributed by atoms with Crippen LogP contribution in [0.15, 0.2) is 30.3 Å². The molecule has 1 aliphatic carbocycles. The molecule has 1 fully saturated rings. The molecule has 7 heteroatoms. The molecule has 1 aromatic heterocycles. The molecule has 3 rings (SSSR count). The Balaban J connectivity index is 1.61. The molecule has 7 nitrogen and oxygen atoms in total. The van der Waals surface area contributed by atoms with Crippen LogP contribution in [0.3, 0.4) is 0 Å². The van der Waals surface area contributed by atoms with Crippen molar-refractivity contribution in [3.8, 4) is 11.5 Å². The van der Waals surface area contributed by atoms with Crippen molar-refractivity contribution in [1.82, 2.24) is 10.2 Å². The predicted octanol–water partition coefficient (Wildman–Crippen LogP) is 3.88. The number of benzene rings is 1. The van der Waals surface area contributed by atoms with Gasteiger partial charge in [0, 0.05) is 17.8 Å². The van der Waals surface area contributed by atoms with Crippen LogP contribution in [0.5, 0.6) is 11.5 Å². The van der Waals surface area contributed by atoms with Crippen LogP contribution in [-0.4, -0.2) is 36.4 Å². The van der Waals surface area contributed by atoms with Gasteiger partial charge in [-0.05, 0) is 37.1 Å². The number of aromatic nitrogens is 2. The fourth-order valence-corrected chi connectivity index (χ4v) is 3.27. The zero-order chi connectivity index (χ0) is 19.1. The maximum atomic E-state index is 12.4. The third kappa shape index (κ3) is 5.09. The van der Waals surface area contributed by atoms with E-state index in [2.05, 4.69) is 20.8 Å². The number of anilines is 2. The summed E-state index contributed by atoms with van der Waals surface area (Å²) in [5, 5.41) is 14.4. The van der Waals surface area contributed by atoms with Crippen LogP contribution in [-0.2, 0) is 0 Å². The largest absolute Gasteiger partial charge is 0.493 e. The van der Waals surface area contributed by atoms with Crippen LogP contribution in [0.1, 0.15) is 49.0 Å². The van der Waals surface area contributed by atoms with Gasteiger partial charge >= 0.3 is 0 Å². The zero-order valence-electron chi connectivity index (χ0n) is 15.8. The van der Waals surface area contributed by atoms with E-state index in [4.69, 9.17) is 9.47 Å². The number of nitrogens with zero attached hydrogens (tertiary/aromatic N) is 2. The Kier molecular flexibility index (Phi) is 6.46.